The van der Waals surface area contributed by atoms with Gasteiger partial charge in [0.1, 0.15) is 0 Å². The molecule has 6 heterocycles. The van der Waals surface area contributed by atoms with Crippen molar-refractivity contribution in [3.63, 3.8) is 0 Å². The molecule has 0 spiro atoms. The molecule has 0 bridgehead atoms. The third-order valence-corrected chi connectivity index (χ3v) is 19.6. The predicted molar refractivity (Wildman–Crippen MR) is 376 cm³/mol. The van der Waals surface area contributed by atoms with Crippen LogP contribution in [0.1, 0.15) is 34.3 Å². The molecule has 2 unspecified atom stereocenters. The second-order valence-electron chi connectivity index (χ2n) is 24.3. The highest BCUT2D eigenvalue weighted by molar-refractivity contribution is 6.21. The molecular weight excluding hydrogens is 1090 g/mol. The summed E-state index contributed by atoms with van der Waals surface area (Å²) < 4.78 is 5.35. The van der Waals surface area contributed by atoms with Crippen LogP contribution in [-0.4, -0.2) is 9.13 Å². The summed E-state index contributed by atoms with van der Waals surface area (Å²) in [5, 5.41) is 12.9. The fraction of sp³-hybridized carbons (Fsp3) is 0.0233. The second kappa shape index (κ2) is 19.9. The van der Waals surface area contributed by atoms with Gasteiger partial charge in [-0.05, 0) is 103 Å². The van der Waals surface area contributed by atoms with Gasteiger partial charge in [0.05, 0.1) is 34.2 Å². The van der Waals surface area contributed by atoms with Crippen molar-refractivity contribution in [1.29, 1.82) is 0 Å². The van der Waals surface area contributed by atoms with Crippen LogP contribution in [0.15, 0.2) is 315 Å². The molecule has 4 aliphatic rings. The van der Waals surface area contributed by atoms with Crippen molar-refractivity contribution in [3.05, 3.63) is 338 Å². The van der Waals surface area contributed by atoms with Gasteiger partial charge in [0.15, 0.2) is 0 Å². The number of hydrogen-bond acceptors (Lipinski definition) is 2. The highest BCUT2D eigenvalue weighted by Crippen LogP contribution is 2.59. The summed E-state index contributed by atoms with van der Waals surface area (Å²) in [7, 11) is 0. The Morgan fingerprint density at radius 1 is 0.189 bits per heavy atom. The normalized spacial score (nSPS) is 14.0. The van der Waals surface area contributed by atoms with E-state index in [-0.39, 0.29) is 12.1 Å². The molecule has 0 aliphatic carbocycles. The van der Waals surface area contributed by atoms with E-state index in [2.05, 4.69) is 335 Å². The maximum atomic E-state index is 3.73. The van der Waals surface area contributed by atoms with Crippen molar-refractivity contribution in [2.75, 3.05) is 10.6 Å². The molecule has 0 fully saturated rings. The van der Waals surface area contributed by atoms with E-state index in [0.717, 1.165) is 45.0 Å². The van der Waals surface area contributed by atoms with E-state index < -0.39 is 0 Å². The average molecular weight is 1150 g/mol. The van der Waals surface area contributed by atoms with Gasteiger partial charge < -0.3 is 19.8 Å². The van der Waals surface area contributed by atoms with Crippen LogP contribution in [0.2, 0.25) is 0 Å². The van der Waals surface area contributed by atoms with Crippen LogP contribution in [0.5, 0.6) is 0 Å². The molecule has 2 aromatic heterocycles. The first kappa shape index (κ1) is 50.4. The van der Waals surface area contributed by atoms with Crippen molar-refractivity contribution < 1.29 is 0 Å². The first-order valence-corrected chi connectivity index (χ1v) is 31.3. The highest BCUT2D eigenvalue weighted by atomic mass is 15.1. The van der Waals surface area contributed by atoms with Crippen molar-refractivity contribution in [3.8, 4) is 89.0 Å². The Balaban J connectivity index is 0.000000130. The lowest BCUT2D eigenvalue weighted by atomic mass is 9.76. The molecular formula is C86H56N4. The first-order valence-electron chi connectivity index (χ1n) is 31.3. The van der Waals surface area contributed by atoms with Crippen molar-refractivity contribution in [1.82, 2.24) is 9.13 Å². The summed E-state index contributed by atoms with van der Waals surface area (Å²) in [6.07, 6.45) is 0. The molecule has 0 saturated carbocycles. The van der Waals surface area contributed by atoms with Crippen LogP contribution in [0.4, 0.5) is 22.7 Å². The second-order valence-corrected chi connectivity index (χ2v) is 24.3. The third-order valence-electron chi connectivity index (χ3n) is 19.6. The minimum Gasteiger partial charge on any atom is -0.355 e. The van der Waals surface area contributed by atoms with E-state index >= 15 is 0 Å². The van der Waals surface area contributed by atoms with E-state index in [9.17, 15) is 0 Å². The minimum atomic E-state index is 0.124. The molecule has 420 valence electrons. The van der Waals surface area contributed by atoms with Gasteiger partial charge in [-0.2, -0.15) is 0 Å². The van der Waals surface area contributed by atoms with E-state index in [1.165, 1.54) is 133 Å². The minimum absolute atomic E-state index is 0.124. The maximum Gasteiger partial charge on any atom is 0.0857 e. The number of para-hydroxylation sites is 8. The van der Waals surface area contributed by atoms with Gasteiger partial charge in [0, 0.05) is 88.8 Å². The van der Waals surface area contributed by atoms with Crippen molar-refractivity contribution >= 4 is 66.4 Å². The monoisotopic (exact) mass is 1140 g/mol. The van der Waals surface area contributed by atoms with Crippen molar-refractivity contribution in [2.24, 2.45) is 0 Å². The zero-order valence-electron chi connectivity index (χ0n) is 49.1. The number of hydrogen-bond donors (Lipinski definition) is 2. The Hall–Kier alpha value is -11.7. The molecule has 4 aliphatic heterocycles. The molecule has 16 aromatic rings. The van der Waals surface area contributed by atoms with Crippen LogP contribution < -0.4 is 10.6 Å². The van der Waals surface area contributed by atoms with Crippen LogP contribution in [-0.2, 0) is 0 Å². The SMILES string of the molecule is c1ccc(-c2ccccc2Nc2ccccc2-c2ccc(-c3ccccc3Nc3ccccc3-c3ccccc3)cc2)cc1.c1ccc2c(c1)-c1cccc3c4cccc5c4n(c13)C2c1cc2c(cc1-5)C1c3ccccc3-c3cccc4c5cccc-2c5n1c34. The molecule has 14 aromatic carbocycles. The van der Waals surface area contributed by atoms with E-state index in [4.69, 9.17) is 0 Å². The molecule has 4 heteroatoms. The highest BCUT2D eigenvalue weighted by Gasteiger charge is 2.41. The van der Waals surface area contributed by atoms with E-state index in [1.807, 2.05) is 0 Å². The lowest BCUT2D eigenvalue weighted by Gasteiger charge is -2.38. The molecule has 0 amide bonds. The van der Waals surface area contributed by atoms with E-state index in [1.54, 1.807) is 0 Å². The standard InChI is InChI=1S/C44H24N2.C42H32N2/c1-3-11-25-23(9-1)27-13-5-15-29-31-17-7-19-33-35-22-38-36(21-37(35)43(25)45(39(27)29)41(31)33)34-20-8-18-32-30-16-6-14-28-24-10-2-4-12-26(24)44(38)46(40(28)30)42(32)34;1-3-15-31(16-4-1)35-19-7-11-23-39(35)43-41-25-13-9-21-37(41)33-27-29-34(30-28-33)38-22-10-14-26-42(38)44-40-24-12-8-20-36(40)32-17-5-2-6-18-32/h1-22,43-44H;1-30,43-44H. The smallest absolute Gasteiger partial charge is 0.0857 e. The number of rotatable bonds is 8. The van der Waals surface area contributed by atoms with E-state index in [0.29, 0.717) is 0 Å². The van der Waals surface area contributed by atoms with Crippen LogP contribution in [0.25, 0.3) is 133 Å². The molecule has 4 nitrogen and oxygen atoms in total. The summed E-state index contributed by atoms with van der Waals surface area (Å²) in [5.41, 5.74) is 35.6. The van der Waals surface area contributed by atoms with Gasteiger partial charge in [-0.25, -0.2) is 0 Å². The summed E-state index contributed by atoms with van der Waals surface area (Å²) >= 11 is 0. The van der Waals surface area contributed by atoms with Crippen LogP contribution in [0, 0.1) is 0 Å². The summed E-state index contributed by atoms with van der Waals surface area (Å²) in [6.45, 7) is 0. The third kappa shape index (κ3) is 7.49. The van der Waals surface area contributed by atoms with Crippen LogP contribution in [0.3, 0.4) is 0 Å². The fourth-order valence-electron chi connectivity index (χ4n) is 15.8. The Bertz CT molecular complexity index is 5260. The first-order chi connectivity index (χ1) is 44.7. The van der Waals surface area contributed by atoms with Gasteiger partial charge in [0.2, 0.25) is 0 Å². The maximum absolute atomic E-state index is 3.73. The number of anilines is 4. The van der Waals surface area contributed by atoms with Gasteiger partial charge in [-0.1, -0.05) is 279 Å². The zero-order valence-corrected chi connectivity index (χ0v) is 49.1. The van der Waals surface area contributed by atoms with Gasteiger partial charge in [-0.15, -0.1) is 0 Å². The Kier molecular flexibility index (Phi) is 11.2. The lowest BCUT2D eigenvalue weighted by Crippen LogP contribution is -2.24. The average Bonchev–Trinajstić information content (AvgIpc) is 1.87. The number of benzene rings is 14. The molecule has 0 saturated heterocycles. The lowest BCUT2D eigenvalue weighted by molar-refractivity contribution is 0.703. The topological polar surface area (TPSA) is 33.9 Å². The zero-order chi connectivity index (χ0) is 59.0. The molecule has 2 atom stereocenters. The fourth-order valence-corrected chi connectivity index (χ4v) is 15.8. The largest absolute Gasteiger partial charge is 0.355 e. The molecule has 2 N–H and O–H groups in total. The predicted octanol–water partition coefficient (Wildman–Crippen LogP) is 22.9. The number of nitrogens with zero attached hydrogens (tertiary/aromatic N) is 2. The molecule has 90 heavy (non-hydrogen) atoms. The Morgan fingerprint density at radius 2 is 0.444 bits per heavy atom. The van der Waals surface area contributed by atoms with Gasteiger partial charge in [0.25, 0.3) is 0 Å². The Morgan fingerprint density at radius 3 is 0.778 bits per heavy atom. The summed E-state index contributed by atoms with van der Waals surface area (Å²) in [5.74, 6) is 0. The number of nitrogens with one attached hydrogen (secondary N) is 2. The van der Waals surface area contributed by atoms with Crippen LogP contribution >= 0.6 is 0 Å². The summed E-state index contributed by atoms with van der Waals surface area (Å²) in [4.78, 5) is 0. The van der Waals surface area contributed by atoms with Gasteiger partial charge >= 0.3 is 0 Å². The molecule has 20 rings (SSSR count). The summed E-state index contributed by atoms with van der Waals surface area (Å²) in [6, 6.07) is 115. The number of fused-ring (bicyclic) bond motifs is 14. The Labute approximate surface area is 521 Å². The quantitative estimate of drug-likeness (QED) is 0.159. The molecule has 0 radical (unpaired) electrons. The van der Waals surface area contributed by atoms with Gasteiger partial charge in [-0.3, -0.25) is 0 Å². The number of aromatic nitrogens is 2. The van der Waals surface area contributed by atoms with Crippen molar-refractivity contribution in [2.45, 2.75) is 12.1 Å².